The number of rotatable bonds is 9. The number of aldehydes is 1. The van der Waals surface area contributed by atoms with Crippen LogP contribution in [0.2, 0.25) is 0 Å². The molecule has 3 rings (SSSR count). The summed E-state index contributed by atoms with van der Waals surface area (Å²) >= 11 is 2.52. The van der Waals surface area contributed by atoms with E-state index in [0.717, 1.165) is 47.3 Å². The van der Waals surface area contributed by atoms with Crippen molar-refractivity contribution in [3.8, 4) is 0 Å². The number of halogens is 2. The number of anilines is 1. The Hall–Kier alpha value is -2.10. The van der Waals surface area contributed by atoms with Gasteiger partial charge in [-0.15, -0.1) is 35.5 Å². The second kappa shape index (κ2) is 14.5. The van der Waals surface area contributed by atoms with Crippen LogP contribution in [0.1, 0.15) is 18.5 Å². The predicted octanol–water partition coefficient (Wildman–Crippen LogP) is -3.40. The van der Waals surface area contributed by atoms with E-state index in [1.54, 1.807) is 5.38 Å². The summed E-state index contributed by atoms with van der Waals surface area (Å²) in [5.74, 6) is -1.31. The zero-order chi connectivity index (χ0) is 23.3. The number of nitrogens with one attached hydrogen (secondary N) is 2. The number of aromatic nitrogens is 1. The lowest BCUT2D eigenvalue weighted by atomic mass is 10.1. The summed E-state index contributed by atoms with van der Waals surface area (Å²) in [5.41, 5.74) is 6.62. The molecule has 198 valence electrons. The molecule has 3 heterocycles. The first kappa shape index (κ1) is 32.9. The zero-order valence-corrected chi connectivity index (χ0v) is 22.4. The number of carbonyl (C=O) groups excluding carboxylic acids is 2. The third-order valence-electron chi connectivity index (χ3n) is 5.44. The molecule has 16 heteroatoms. The van der Waals surface area contributed by atoms with Crippen LogP contribution in [0.15, 0.2) is 21.8 Å². The molecular weight excluding hydrogens is 543 g/mol. The van der Waals surface area contributed by atoms with Crippen LogP contribution >= 0.6 is 35.5 Å². The van der Waals surface area contributed by atoms with Gasteiger partial charge in [-0.25, -0.2) is 9.78 Å². The van der Waals surface area contributed by atoms with E-state index in [9.17, 15) is 19.5 Å². The van der Waals surface area contributed by atoms with Gasteiger partial charge >= 0.3 is 5.97 Å². The SMILES string of the molecule is CO/N=C(\C(=O)NC(C=O)C1NC(C(=O)O)=C(C[N+]2(C)CCCC2)CS1)c1csc(N)n1.Cl.O.[Cl-]. The third kappa shape index (κ3) is 8.22. The van der Waals surface area contributed by atoms with Crippen LogP contribution in [0.25, 0.3) is 0 Å². The van der Waals surface area contributed by atoms with Gasteiger partial charge in [-0.2, -0.15) is 0 Å². The Balaban J connectivity index is 0.00000385. The van der Waals surface area contributed by atoms with E-state index < -0.39 is 23.3 Å². The molecule has 1 amide bonds. The number of likely N-dealkylation sites (tertiary alicyclic amines) is 1. The molecular formula is C19H30Cl2N6O6S2. The number of aliphatic carboxylic acids is 1. The second-order valence-corrected chi connectivity index (χ2v) is 9.94. The number of carboxylic acid groups (broad SMARTS) is 1. The molecule has 0 spiro atoms. The molecule has 2 atom stereocenters. The highest BCUT2D eigenvalue weighted by molar-refractivity contribution is 8.00. The van der Waals surface area contributed by atoms with Crippen LogP contribution in [0.3, 0.4) is 0 Å². The van der Waals surface area contributed by atoms with Gasteiger partial charge in [0.1, 0.15) is 42.7 Å². The maximum atomic E-state index is 12.8. The third-order valence-corrected chi connectivity index (χ3v) is 7.40. The fourth-order valence-electron chi connectivity index (χ4n) is 3.89. The number of nitrogen functional groups attached to an aromatic ring is 1. The molecule has 2 aliphatic rings. The lowest BCUT2D eigenvalue weighted by Gasteiger charge is -2.35. The van der Waals surface area contributed by atoms with Crippen LogP contribution in [-0.4, -0.2) is 94.9 Å². The van der Waals surface area contributed by atoms with E-state index in [-0.39, 0.29) is 52.5 Å². The smallest absolute Gasteiger partial charge is 0.352 e. The number of nitrogens with zero attached hydrogens (tertiary/aromatic N) is 3. The van der Waals surface area contributed by atoms with E-state index in [1.165, 1.54) is 18.9 Å². The summed E-state index contributed by atoms with van der Waals surface area (Å²) in [5, 5.41) is 20.2. The number of quaternary nitrogens is 1. The Morgan fingerprint density at radius 3 is 2.63 bits per heavy atom. The molecule has 1 fully saturated rings. The van der Waals surface area contributed by atoms with Crippen molar-refractivity contribution in [3.05, 3.63) is 22.3 Å². The fraction of sp³-hybridized carbons (Fsp3) is 0.526. The minimum atomic E-state index is -1.08. The number of likely N-dealkylation sites (N-methyl/N-ethyl adjacent to an activating group) is 1. The van der Waals surface area contributed by atoms with Crippen molar-refractivity contribution < 1.29 is 46.7 Å². The molecule has 2 unspecified atom stereocenters. The highest BCUT2D eigenvalue weighted by Gasteiger charge is 2.36. The van der Waals surface area contributed by atoms with Crippen LogP contribution in [0.4, 0.5) is 5.13 Å². The van der Waals surface area contributed by atoms with Crippen molar-refractivity contribution in [2.24, 2.45) is 5.16 Å². The lowest BCUT2D eigenvalue weighted by Crippen LogP contribution is -3.00. The van der Waals surface area contributed by atoms with Crippen molar-refractivity contribution in [2.45, 2.75) is 24.3 Å². The molecule has 2 aliphatic heterocycles. The molecule has 0 bridgehead atoms. The normalized spacial score (nSPS) is 19.7. The molecule has 35 heavy (non-hydrogen) atoms. The summed E-state index contributed by atoms with van der Waals surface area (Å²) < 4.78 is 0.806. The molecule has 1 aromatic rings. The van der Waals surface area contributed by atoms with E-state index in [2.05, 4.69) is 27.8 Å². The van der Waals surface area contributed by atoms with Gasteiger partial charge in [-0.3, -0.25) is 4.79 Å². The van der Waals surface area contributed by atoms with Crippen molar-refractivity contribution in [1.82, 2.24) is 15.6 Å². The summed E-state index contributed by atoms with van der Waals surface area (Å²) in [6.07, 6.45) is 2.83. The number of hydrogen-bond donors (Lipinski definition) is 4. The van der Waals surface area contributed by atoms with Crippen molar-refractivity contribution >= 4 is 64.5 Å². The summed E-state index contributed by atoms with van der Waals surface area (Å²) in [7, 11) is 3.42. The number of oxime groups is 1. The van der Waals surface area contributed by atoms with Gasteiger partial charge in [-0.05, 0) is 0 Å². The Kier molecular flexibility index (Phi) is 13.6. The van der Waals surface area contributed by atoms with E-state index in [4.69, 9.17) is 10.6 Å². The zero-order valence-electron chi connectivity index (χ0n) is 19.2. The number of hydrogen-bond acceptors (Lipinski definition) is 10. The summed E-state index contributed by atoms with van der Waals surface area (Å²) in [4.78, 5) is 45.3. The molecule has 1 saturated heterocycles. The molecule has 1 aromatic heterocycles. The molecule has 12 nitrogen and oxygen atoms in total. The number of thioether (sulfide) groups is 1. The van der Waals surface area contributed by atoms with Gasteiger partial charge in [0.05, 0.1) is 20.1 Å². The van der Waals surface area contributed by atoms with Gasteiger partial charge in [0.25, 0.3) is 5.91 Å². The Bertz CT molecular complexity index is 954. The maximum Gasteiger partial charge on any atom is 0.352 e. The van der Waals surface area contributed by atoms with Crippen LogP contribution in [-0.2, 0) is 19.2 Å². The van der Waals surface area contributed by atoms with E-state index >= 15 is 0 Å². The molecule has 0 radical (unpaired) electrons. The summed E-state index contributed by atoms with van der Waals surface area (Å²) in [6.45, 7) is 2.67. The summed E-state index contributed by atoms with van der Waals surface area (Å²) in [6, 6.07) is -1.00. The van der Waals surface area contributed by atoms with Crippen LogP contribution in [0.5, 0.6) is 0 Å². The Labute approximate surface area is 223 Å². The van der Waals surface area contributed by atoms with E-state index in [0.29, 0.717) is 18.6 Å². The van der Waals surface area contributed by atoms with Gasteiger partial charge in [0, 0.05) is 29.5 Å². The van der Waals surface area contributed by atoms with Crippen LogP contribution < -0.4 is 28.8 Å². The molecule has 0 aliphatic carbocycles. The highest BCUT2D eigenvalue weighted by atomic mass is 35.5. The topological polar surface area (TPSA) is 188 Å². The minimum Gasteiger partial charge on any atom is -1.00 e. The number of nitrogens with two attached hydrogens (primary N) is 1. The predicted molar refractivity (Wildman–Crippen MR) is 133 cm³/mol. The first-order chi connectivity index (χ1) is 15.3. The van der Waals surface area contributed by atoms with Gasteiger partial charge in [0.2, 0.25) is 0 Å². The van der Waals surface area contributed by atoms with Crippen molar-refractivity contribution in [1.29, 1.82) is 0 Å². The number of carboxylic acids is 1. The van der Waals surface area contributed by atoms with Gasteiger partial charge in [0.15, 0.2) is 10.8 Å². The quantitative estimate of drug-likeness (QED) is 0.101. The number of amides is 1. The van der Waals surface area contributed by atoms with E-state index in [1.807, 2.05) is 0 Å². The first-order valence-corrected chi connectivity index (χ1v) is 11.9. The largest absolute Gasteiger partial charge is 1.00 e. The average Bonchev–Trinajstić information content (AvgIpc) is 3.38. The van der Waals surface area contributed by atoms with Crippen molar-refractivity contribution in [3.63, 3.8) is 0 Å². The Morgan fingerprint density at radius 1 is 1.46 bits per heavy atom. The molecule has 7 N–H and O–H groups in total. The highest BCUT2D eigenvalue weighted by Crippen LogP contribution is 2.28. The number of thiazole rings is 1. The number of carbonyl (C=O) groups is 3. The van der Waals surface area contributed by atoms with Crippen molar-refractivity contribution in [2.75, 3.05) is 45.3 Å². The fourth-order valence-corrected chi connectivity index (χ4v) is 5.60. The van der Waals surface area contributed by atoms with Crippen LogP contribution in [0, 0.1) is 0 Å². The monoisotopic (exact) mass is 572 g/mol. The Morgan fingerprint density at radius 2 is 2.11 bits per heavy atom. The average molecular weight is 574 g/mol. The lowest BCUT2D eigenvalue weighted by molar-refractivity contribution is -0.893. The molecule has 0 saturated carbocycles. The second-order valence-electron chi connectivity index (χ2n) is 7.92. The minimum absolute atomic E-state index is 0. The van der Waals surface area contributed by atoms with Gasteiger partial charge < -0.3 is 53.5 Å². The maximum absolute atomic E-state index is 12.8. The first-order valence-electron chi connectivity index (χ1n) is 10.0. The molecule has 0 aromatic carbocycles. The standard InChI is InChI=1S/C19H26N6O5S2.2ClH.H2O/c1-25(5-3-4-6-25)7-11-9-31-17(23-14(11)18(28)29)12(8-26)21-16(27)15(24-30-2)13-10-32-19(20)22-13;;;/h8,10,12,17,23H,3-7,9H2,1-2H3,(H3-,20,21,22,27,28,29);2*1H;1H2/b24-15-;;;. The van der Waals surface area contributed by atoms with Gasteiger partial charge in [-0.1, -0.05) is 5.16 Å².